The van der Waals surface area contributed by atoms with Crippen LogP contribution in [0.25, 0.3) is 0 Å². The first-order chi connectivity index (χ1) is 14.1. The molecule has 0 aliphatic heterocycles. The van der Waals surface area contributed by atoms with Gasteiger partial charge in [-0.1, -0.05) is 6.07 Å². The lowest BCUT2D eigenvalue weighted by Gasteiger charge is -2.08. The van der Waals surface area contributed by atoms with E-state index in [0.717, 1.165) is 16.2 Å². The van der Waals surface area contributed by atoms with E-state index in [0.29, 0.717) is 17.0 Å². The summed E-state index contributed by atoms with van der Waals surface area (Å²) < 4.78 is 9.80. The van der Waals surface area contributed by atoms with Crippen LogP contribution in [0.15, 0.2) is 78.0 Å². The number of anilines is 1. The van der Waals surface area contributed by atoms with Gasteiger partial charge in [0.25, 0.3) is 5.91 Å². The Morgan fingerprint density at radius 2 is 1.79 bits per heavy atom. The van der Waals surface area contributed by atoms with E-state index in [1.165, 1.54) is 7.11 Å². The second kappa shape index (κ2) is 10.3. The number of aromatic nitrogens is 1. The number of thioether (sulfide) groups is 1. The number of hydrogen-bond acceptors (Lipinski definition) is 6. The smallest absolute Gasteiger partial charge is 0.343 e. The molecule has 0 atom stereocenters. The fourth-order valence-corrected chi connectivity index (χ4v) is 3.22. The van der Waals surface area contributed by atoms with E-state index in [1.54, 1.807) is 54.4 Å². The molecule has 0 saturated heterocycles. The second-order valence-electron chi connectivity index (χ2n) is 6.02. The van der Waals surface area contributed by atoms with Crippen molar-refractivity contribution in [3.8, 4) is 5.75 Å². The Labute approximate surface area is 173 Å². The number of carbonyl (C=O) groups is 2. The maximum atomic E-state index is 12.4. The number of amides is 1. The molecule has 0 bridgehead atoms. The van der Waals surface area contributed by atoms with Gasteiger partial charge in [-0.3, -0.25) is 9.78 Å². The number of nitrogens with one attached hydrogen (secondary N) is 1. The maximum Gasteiger partial charge on any atom is 0.343 e. The minimum Gasteiger partial charge on any atom is -0.482 e. The molecule has 0 spiro atoms. The van der Waals surface area contributed by atoms with E-state index < -0.39 is 5.97 Å². The summed E-state index contributed by atoms with van der Waals surface area (Å²) in [6.45, 7) is -0.159. The van der Waals surface area contributed by atoms with Crippen LogP contribution in [-0.2, 0) is 15.3 Å². The molecule has 148 valence electrons. The predicted molar refractivity (Wildman–Crippen MR) is 112 cm³/mol. The Morgan fingerprint density at radius 3 is 2.45 bits per heavy atom. The second-order valence-corrected chi connectivity index (χ2v) is 7.07. The van der Waals surface area contributed by atoms with Crippen LogP contribution >= 0.6 is 11.8 Å². The van der Waals surface area contributed by atoms with Gasteiger partial charge in [0.15, 0.2) is 6.61 Å². The van der Waals surface area contributed by atoms with E-state index >= 15 is 0 Å². The van der Waals surface area contributed by atoms with Crippen LogP contribution in [0.4, 0.5) is 5.69 Å². The summed E-state index contributed by atoms with van der Waals surface area (Å²) in [4.78, 5) is 28.7. The predicted octanol–water partition coefficient (Wildman–Crippen LogP) is 4.18. The summed E-state index contributed by atoms with van der Waals surface area (Å²) in [6.07, 6.45) is 3.60. The third-order valence-corrected chi connectivity index (χ3v) is 5.02. The minimum absolute atomic E-state index is 0.159. The molecule has 1 amide bonds. The Kier molecular flexibility index (Phi) is 7.24. The molecule has 6 nitrogen and oxygen atoms in total. The standard InChI is InChI=1S/C22H20N2O4S/c1-27-21(25)14-28-19-8-6-18(7-9-19)24-22(26)17-4-10-20(11-5-17)29-15-16-3-2-12-23-13-16/h2-13H,14-15H2,1H3,(H,24,26). The van der Waals surface area contributed by atoms with Crippen molar-refractivity contribution in [2.75, 3.05) is 19.0 Å². The molecule has 0 fully saturated rings. The summed E-state index contributed by atoms with van der Waals surface area (Å²) in [5.41, 5.74) is 2.36. The van der Waals surface area contributed by atoms with Gasteiger partial charge in [0.05, 0.1) is 7.11 Å². The monoisotopic (exact) mass is 408 g/mol. The molecular formula is C22H20N2O4S. The lowest BCUT2D eigenvalue weighted by Crippen LogP contribution is -2.13. The van der Waals surface area contributed by atoms with Gasteiger partial charge in [0, 0.05) is 34.3 Å². The first kappa shape index (κ1) is 20.4. The summed E-state index contributed by atoms with van der Waals surface area (Å²) >= 11 is 1.69. The van der Waals surface area contributed by atoms with Gasteiger partial charge < -0.3 is 14.8 Å². The largest absolute Gasteiger partial charge is 0.482 e. The SMILES string of the molecule is COC(=O)COc1ccc(NC(=O)c2ccc(SCc3cccnc3)cc2)cc1. The van der Waals surface area contributed by atoms with E-state index in [2.05, 4.69) is 15.0 Å². The molecule has 1 N–H and O–H groups in total. The number of methoxy groups -OCH3 is 1. The highest BCUT2D eigenvalue weighted by atomic mass is 32.2. The van der Waals surface area contributed by atoms with Crippen molar-refractivity contribution < 1.29 is 19.1 Å². The van der Waals surface area contributed by atoms with Crippen LogP contribution in [0.3, 0.4) is 0 Å². The van der Waals surface area contributed by atoms with E-state index in [-0.39, 0.29) is 12.5 Å². The zero-order valence-corrected chi connectivity index (χ0v) is 16.6. The van der Waals surface area contributed by atoms with Crippen LogP contribution in [0.2, 0.25) is 0 Å². The number of benzene rings is 2. The number of pyridine rings is 1. The molecular weight excluding hydrogens is 388 g/mol. The van der Waals surface area contributed by atoms with Crippen LogP contribution in [0.5, 0.6) is 5.75 Å². The number of ether oxygens (including phenoxy) is 2. The van der Waals surface area contributed by atoms with Crippen molar-refractivity contribution in [2.45, 2.75) is 10.6 Å². The molecule has 2 aromatic carbocycles. The van der Waals surface area contributed by atoms with Gasteiger partial charge in [-0.05, 0) is 60.2 Å². The Balaban J connectivity index is 1.51. The molecule has 1 heterocycles. The highest BCUT2D eigenvalue weighted by Gasteiger charge is 2.07. The maximum absolute atomic E-state index is 12.4. The highest BCUT2D eigenvalue weighted by Crippen LogP contribution is 2.23. The van der Waals surface area contributed by atoms with Crippen molar-refractivity contribution in [2.24, 2.45) is 0 Å². The highest BCUT2D eigenvalue weighted by molar-refractivity contribution is 7.98. The van der Waals surface area contributed by atoms with Gasteiger partial charge in [-0.2, -0.15) is 0 Å². The molecule has 0 aliphatic rings. The Morgan fingerprint density at radius 1 is 1.03 bits per heavy atom. The van der Waals surface area contributed by atoms with Crippen LogP contribution in [0, 0.1) is 0 Å². The number of carbonyl (C=O) groups excluding carboxylic acids is 2. The molecule has 1 aromatic heterocycles. The zero-order valence-electron chi connectivity index (χ0n) is 15.8. The summed E-state index contributed by atoms with van der Waals surface area (Å²) in [7, 11) is 1.30. The minimum atomic E-state index is -0.454. The fourth-order valence-electron chi connectivity index (χ4n) is 2.39. The van der Waals surface area contributed by atoms with Crippen molar-refractivity contribution in [3.05, 3.63) is 84.2 Å². The third-order valence-electron chi connectivity index (χ3n) is 3.94. The van der Waals surface area contributed by atoms with E-state index in [4.69, 9.17) is 4.74 Å². The molecule has 3 aromatic rings. The molecule has 29 heavy (non-hydrogen) atoms. The summed E-state index contributed by atoms with van der Waals surface area (Å²) in [6, 6.07) is 18.2. The number of hydrogen-bond donors (Lipinski definition) is 1. The quantitative estimate of drug-likeness (QED) is 0.445. The van der Waals surface area contributed by atoms with Gasteiger partial charge in [0.1, 0.15) is 5.75 Å². The first-order valence-corrected chi connectivity index (χ1v) is 9.85. The summed E-state index contributed by atoms with van der Waals surface area (Å²) in [5.74, 6) is 0.689. The van der Waals surface area contributed by atoms with Gasteiger partial charge in [-0.15, -0.1) is 11.8 Å². The average molecular weight is 408 g/mol. The topological polar surface area (TPSA) is 77.5 Å². The molecule has 0 radical (unpaired) electrons. The number of nitrogens with zero attached hydrogens (tertiary/aromatic N) is 1. The van der Waals surface area contributed by atoms with E-state index in [9.17, 15) is 9.59 Å². The van der Waals surface area contributed by atoms with Crippen LogP contribution in [0.1, 0.15) is 15.9 Å². The molecule has 0 saturated carbocycles. The fraction of sp³-hybridized carbons (Fsp3) is 0.136. The van der Waals surface area contributed by atoms with Crippen molar-refractivity contribution in [1.82, 2.24) is 4.98 Å². The first-order valence-electron chi connectivity index (χ1n) is 8.87. The zero-order chi connectivity index (χ0) is 20.5. The Bertz CT molecular complexity index is 945. The lowest BCUT2D eigenvalue weighted by atomic mass is 10.2. The average Bonchev–Trinajstić information content (AvgIpc) is 2.78. The number of esters is 1. The molecule has 0 unspecified atom stereocenters. The molecule has 7 heteroatoms. The lowest BCUT2D eigenvalue weighted by molar-refractivity contribution is -0.142. The third kappa shape index (κ3) is 6.36. The van der Waals surface area contributed by atoms with Crippen molar-refractivity contribution in [1.29, 1.82) is 0 Å². The van der Waals surface area contributed by atoms with Crippen molar-refractivity contribution in [3.63, 3.8) is 0 Å². The normalized spacial score (nSPS) is 10.2. The van der Waals surface area contributed by atoms with Crippen molar-refractivity contribution >= 4 is 29.3 Å². The molecule has 0 aliphatic carbocycles. The van der Waals surface area contributed by atoms with E-state index in [1.807, 2.05) is 30.5 Å². The van der Waals surface area contributed by atoms with Gasteiger partial charge >= 0.3 is 5.97 Å². The number of rotatable bonds is 8. The summed E-state index contributed by atoms with van der Waals surface area (Å²) in [5, 5.41) is 2.84. The van der Waals surface area contributed by atoms with Crippen LogP contribution in [-0.4, -0.2) is 30.6 Å². The Hall–Kier alpha value is -3.32. The van der Waals surface area contributed by atoms with Gasteiger partial charge in [-0.25, -0.2) is 4.79 Å². The molecule has 3 rings (SSSR count). The van der Waals surface area contributed by atoms with Gasteiger partial charge in [0.2, 0.25) is 0 Å². The van der Waals surface area contributed by atoms with Crippen LogP contribution < -0.4 is 10.1 Å².